The highest BCUT2D eigenvalue weighted by Gasteiger charge is 2.28. The van der Waals surface area contributed by atoms with Crippen molar-refractivity contribution in [1.82, 2.24) is 19.1 Å². The van der Waals surface area contributed by atoms with Crippen LogP contribution in [0, 0.1) is 0 Å². The topological polar surface area (TPSA) is 90.9 Å². The van der Waals surface area contributed by atoms with Gasteiger partial charge in [-0.2, -0.15) is 4.31 Å². The molecule has 2 aromatic rings. The molecule has 2 heterocycles. The lowest BCUT2D eigenvalue weighted by Gasteiger charge is -2.35. The van der Waals surface area contributed by atoms with Crippen LogP contribution in [-0.2, 0) is 26.0 Å². The van der Waals surface area contributed by atoms with Crippen LogP contribution in [0.2, 0.25) is 0 Å². The second kappa shape index (κ2) is 10.5. The zero-order valence-corrected chi connectivity index (χ0v) is 18.5. The number of aromatic nitrogens is 1. The fraction of sp³-hybridized carbons (Fsp3) is 0.409. The minimum atomic E-state index is -3.77. The molecule has 1 aliphatic rings. The van der Waals surface area contributed by atoms with Gasteiger partial charge in [-0.1, -0.05) is 30.3 Å². The molecule has 1 fully saturated rings. The molecule has 2 amide bonds. The molecule has 0 bridgehead atoms. The predicted molar refractivity (Wildman–Crippen MR) is 117 cm³/mol. The first-order valence-electron chi connectivity index (χ1n) is 10.3. The summed E-state index contributed by atoms with van der Waals surface area (Å²) in [5, 5.41) is 0. The summed E-state index contributed by atoms with van der Waals surface area (Å²) in [6.07, 6.45) is 4.89. The molecule has 0 spiro atoms. The van der Waals surface area contributed by atoms with Crippen LogP contribution in [0.4, 0.5) is 0 Å². The predicted octanol–water partition coefficient (Wildman–Crippen LogP) is 1.40. The van der Waals surface area contributed by atoms with Gasteiger partial charge in [0.15, 0.2) is 0 Å². The molecule has 8 nitrogen and oxygen atoms in total. The van der Waals surface area contributed by atoms with Crippen LogP contribution in [0.25, 0.3) is 0 Å². The van der Waals surface area contributed by atoms with Gasteiger partial charge in [-0.15, -0.1) is 0 Å². The second-order valence-corrected chi connectivity index (χ2v) is 9.60. The molecule has 1 aromatic heterocycles. The van der Waals surface area contributed by atoms with E-state index in [0.29, 0.717) is 32.6 Å². The lowest BCUT2D eigenvalue weighted by Crippen LogP contribution is -2.52. The highest BCUT2D eigenvalue weighted by molar-refractivity contribution is 7.89. The zero-order chi connectivity index (χ0) is 22.3. The average molecular weight is 445 g/mol. The van der Waals surface area contributed by atoms with Crippen LogP contribution in [-0.4, -0.2) is 79.1 Å². The van der Waals surface area contributed by atoms with E-state index in [0.717, 1.165) is 17.1 Å². The first-order chi connectivity index (χ1) is 14.9. The molecule has 0 aliphatic carbocycles. The summed E-state index contributed by atoms with van der Waals surface area (Å²) < 4.78 is 26.1. The molecule has 0 unspecified atom stereocenters. The van der Waals surface area contributed by atoms with Crippen molar-refractivity contribution in [3.8, 4) is 0 Å². The highest BCUT2D eigenvalue weighted by Crippen LogP contribution is 2.13. The number of carbonyl (C=O) groups excluding carboxylic acids is 2. The number of pyridine rings is 1. The van der Waals surface area contributed by atoms with Crippen molar-refractivity contribution in [3.63, 3.8) is 0 Å². The van der Waals surface area contributed by atoms with Crippen LogP contribution in [0.3, 0.4) is 0 Å². The third-order valence-electron chi connectivity index (χ3n) is 5.38. The van der Waals surface area contributed by atoms with E-state index in [1.54, 1.807) is 15.9 Å². The Hall–Kier alpha value is -2.78. The van der Waals surface area contributed by atoms with E-state index in [4.69, 9.17) is 0 Å². The smallest absolute Gasteiger partial charge is 0.244 e. The minimum absolute atomic E-state index is 0.0521. The number of sulfonamides is 1. The van der Waals surface area contributed by atoms with E-state index in [1.165, 1.54) is 31.1 Å². The van der Waals surface area contributed by atoms with Gasteiger partial charge in [-0.3, -0.25) is 14.6 Å². The maximum atomic E-state index is 12.6. The third-order valence-corrected chi connectivity index (χ3v) is 7.17. The van der Waals surface area contributed by atoms with Gasteiger partial charge in [0, 0.05) is 52.0 Å². The van der Waals surface area contributed by atoms with Crippen LogP contribution in [0.5, 0.6) is 0 Å². The van der Waals surface area contributed by atoms with Crippen LogP contribution in [0.1, 0.15) is 18.4 Å². The largest absolute Gasteiger partial charge is 0.339 e. The van der Waals surface area contributed by atoms with Gasteiger partial charge < -0.3 is 9.80 Å². The van der Waals surface area contributed by atoms with Gasteiger partial charge in [0.1, 0.15) is 4.90 Å². The number of hydrogen-bond acceptors (Lipinski definition) is 5. The molecule has 1 saturated heterocycles. The molecule has 0 radical (unpaired) electrons. The van der Waals surface area contributed by atoms with E-state index in [1.807, 2.05) is 18.2 Å². The molecule has 1 aliphatic heterocycles. The Kier molecular flexibility index (Phi) is 7.75. The van der Waals surface area contributed by atoms with E-state index in [2.05, 4.69) is 17.1 Å². The molecule has 0 saturated carbocycles. The first kappa shape index (κ1) is 22.9. The number of benzene rings is 1. The van der Waals surface area contributed by atoms with Crippen molar-refractivity contribution in [2.24, 2.45) is 0 Å². The highest BCUT2D eigenvalue weighted by atomic mass is 32.2. The normalized spacial score (nSPS) is 14.6. The van der Waals surface area contributed by atoms with Gasteiger partial charge in [-0.25, -0.2) is 8.42 Å². The molecular formula is C22H28N4O4S. The van der Waals surface area contributed by atoms with Gasteiger partial charge in [0.2, 0.25) is 21.8 Å². The number of rotatable bonds is 8. The van der Waals surface area contributed by atoms with Gasteiger partial charge in [0.25, 0.3) is 0 Å². The summed E-state index contributed by atoms with van der Waals surface area (Å²) in [6.45, 7) is 1.50. The summed E-state index contributed by atoms with van der Waals surface area (Å²) in [7, 11) is -2.39. The monoisotopic (exact) mass is 444 g/mol. The van der Waals surface area contributed by atoms with Crippen molar-refractivity contribution in [3.05, 3.63) is 60.4 Å². The lowest BCUT2D eigenvalue weighted by molar-refractivity contribution is -0.139. The summed E-state index contributed by atoms with van der Waals surface area (Å²) in [6, 6.07) is 13.1. The van der Waals surface area contributed by atoms with Crippen molar-refractivity contribution in [1.29, 1.82) is 0 Å². The summed E-state index contributed by atoms with van der Waals surface area (Å²) in [5.74, 6) is -0.176. The molecule has 166 valence electrons. The van der Waals surface area contributed by atoms with E-state index < -0.39 is 10.0 Å². The fourth-order valence-corrected chi connectivity index (χ4v) is 4.59. The SMILES string of the molecule is CN(CC(=O)N1CCN(C(=O)CCCc2ccccc2)CC1)S(=O)(=O)c1cccnc1. The van der Waals surface area contributed by atoms with E-state index >= 15 is 0 Å². The Bertz CT molecular complexity index is 975. The van der Waals surface area contributed by atoms with Gasteiger partial charge >= 0.3 is 0 Å². The summed E-state index contributed by atoms with van der Waals surface area (Å²) in [5.41, 5.74) is 1.22. The molecule has 3 rings (SSSR count). The van der Waals surface area contributed by atoms with Crippen LogP contribution in [0.15, 0.2) is 59.8 Å². The van der Waals surface area contributed by atoms with Crippen molar-refractivity contribution >= 4 is 21.8 Å². The Morgan fingerprint density at radius 1 is 0.968 bits per heavy atom. The zero-order valence-electron chi connectivity index (χ0n) is 17.7. The fourth-order valence-electron chi connectivity index (χ4n) is 3.51. The number of hydrogen-bond donors (Lipinski definition) is 0. The Balaban J connectivity index is 1.43. The van der Waals surface area contributed by atoms with Gasteiger partial charge in [0.05, 0.1) is 6.54 Å². The van der Waals surface area contributed by atoms with Crippen molar-refractivity contribution in [2.75, 3.05) is 39.8 Å². The first-order valence-corrected chi connectivity index (χ1v) is 11.8. The minimum Gasteiger partial charge on any atom is -0.339 e. The van der Waals surface area contributed by atoms with E-state index in [9.17, 15) is 18.0 Å². The molecular weight excluding hydrogens is 416 g/mol. The maximum Gasteiger partial charge on any atom is 0.244 e. The molecule has 1 aromatic carbocycles. The summed E-state index contributed by atoms with van der Waals surface area (Å²) >= 11 is 0. The van der Waals surface area contributed by atoms with Crippen LogP contribution < -0.4 is 0 Å². The second-order valence-electron chi connectivity index (χ2n) is 7.55. The Labute approximate surface area is 183 Å². The molecule has 9 heteroatoms. The van der Waals surface area contributed by atoms with Crippen molar-refractivity contribution in [2.45, 2.75) is 24.2 Å². The lowest BCUT2D eigenvalue weighted by atomic mass is 10.1. The van der Waals surface area contributed by atoms with E-state index in [-0.39, 0.29) is 23.3 Å². The molecule has 0 atom stereocenters. The number of aryl methyl sites for hydroxylation is 1. The molecule has 31 heavy (non-hydrogen) atoms. The number of amides is 2. The van der Waals surface area contributed by atoms with Crippen LogP contribution >= 0.6 is 0 Å². The Morgan fingerprint density at radius 3 is 2.23 bits per heavy atom. The molecule has 0 N–H and O–H groups in total. The summed E-state index contributed by atoms with van der Waals surface area (Å²) in [4.78, 5) is 32.3. The van der Waals surface area contributed by atoms with Crippen molar-refractivity contribution < 1.29 is 18.0 Å². The third kappa shape index (κ3) is 6.11. The number of carbonyl (C=O) groups is 2. The number of piperazine rings is 1. The number of likely N-dealkylation sites (N-methyl/N-ethyl adjacent to an activating group) is 1. The maximum absolute atomic E-state index is 12.6. The average Bonchev–Trinajstić information content (AvgIpc) is 2.80. The van der Waals surface area contributed by atoms with Gasteiger partial charge in [-0.05, 0) is 30.5 Å². The number of nitrogens with zero attached hydrogens (tertiary/aromatic N) is 4. The standard InChI is InChI=1S/C22H28N4O4S/c1-24(31(29,30)20-10-6-12-23-17-20)18-22(28)26-15-13-25(14-16-26)21(27)11-5-9-19-7-3-2-4-8-19/h2-4,6-8,10,12,17H,5,9,11,13-16,18H2,1H3. The quantitative estimate of drug-likeness (QED) is 0.614. The Morgan fingerprint density at radius 2 is 1.61 bits per heavy atom.